The van der Waals surface area contributed by atoms with Gasteiger partial charge in [0.15, 0.2) is 0 Å². The summed E-state index contributed by atoms with van der Waals surface area (Å²) < 4.78 is 24.4. The van der Waals surface area contributed by atoms with Gasteiger partial charge in [0.1, 0.15) is 22.6 Å². The molecule has 2 amide bonds. The second-order valence-corrected chi connectivity index (χ2v) is 7.91. The number of carbonyl (C=O) groups excluding carboxylic acids is 2. The number of carbonyl (C=O) groups is 2. The smallest absolute Gasteiger partial charge is 0.421 e. The molecule has 0 spiro atoms. The number of ether oxygens (including phenoxy) is 2. The first-order chi connectivity index (χ1) is 13.6. The lowest BCUT2D eigenvalue weighted by Crippen LogP contribution is -2.45. The van der Waals surface area contributed by atoms with Crippen molar-refractivity contribution < 1.29 is 23.5 Å². The van der Waals surface area contributed by atoms with E-state index < -0.39 is 28.8 Å². The minimum atomic E-state index is -1.24. The highest BCUT2D eigenvalue weighted by atomic mass is 19.1. The quantitative estimate of drug-likeness (QED) is 0.683. The van der Waals surface area contributed by atoms with Gasteiger partial charge in [-0.2, -0.15) is 0 Å². The topological polar surface area (TPSA) is 55.8 Å². The predicted molar refractivity (Wildman–Crippen MR) is 109 cm³/mol. The number of fused-ring (bicyclic) bond motifs is 1. The van der Waals surface area contributed by atoms with Crippen molar-refractivity contribution in [3.8, 4) is 5.75 Å². The van der Waals surface area contributed by atoms with Gasteiger partial charge in [-0.15, -0.1) is 6.58 Å². The number of rotatable bonds is 4. The van der Waals surface area contributed by atoms with E-state index in [0.29, 0.717) is 22.6 Å². The lowest BCUT2D eigenvalue weighted by molar-refractivity contribution is -0.121. The predicted octanol–water partition coefficient (Wildman–Crippen LogP) is 4.98. The Morgan fingerprint density at radius 1 is 1.21 bits per heavy atom. The van der Waals surface area contributed by atoms with Gasteiger partial charge < -0.3 is 9.47 Å². The van der Waals surface area contributed by atoms with Crippen LogP contribution < -0.4 is 9.64 Å². The monoisotopic (exact) mass is 397 g/mol. The van der Waals surface area contributed by atoms with E-state index >= 15 is 0 Å². The summed E-state index contributed by atoms with van der Waals surface area (Å²) in [4.78, 5) is 27.7. The Labute approximate surface area is 169 Å². The molecular formula is C23H24FNO4. The van der Waals surface area contributed by atoms with Gasteiger partial charge in [0.05, 0.1) is 12.8 Å². The number of nitrogens with zero attached hydrogens (tertiary/aromatic N) is 1. The normalized spacial score (nSPS) is 18.4. The van der Waals surface area contributed by atoms with Crippen molar-refractivity contribution in [3.05, 3.63) is 72.1 Å². The van der Waals surface area contributed by atoms with Gasteiger partial charge in [0.2, 0.25) is 0 Å². The fraction of sp³-hybridized carbons (Fsp3) is 0.304. The van der Waals surface area contributed by atoms with Crippen molar-refractivity contribution >= 4 is 17.7 Å². The van der Waals surface area contributed by atoms with Gasteiger partial charge in [0, 0.05) is 5.56 Å². The first-order valence-electron chi connectivity index (χ1n) is 9.27. The summed E-state index contributed by atoms with van der Waals surface area (Å²) in [5.74, 6) is -0.345. The van der Waals surface area contributed by atoms with Gasteiger partial charge in [0.25, 0.3) is 5.91 Å². The molecular weight excluding hydrogens is 373 g/mol. The van der Waals surface area contributed by atoms with E-state index in [1.165, 1.54) is 19.2 Å². The molecule has 0 fully saturated rings. The molecule has 5 nitrogen and oxygen atoms in total. The molecule has 0 aromatic heterocycles. The lowest BCUT2D eigenvalue weighted by Gasteiger charge is -2.29. The molecule has 2 aromatic carbocycles. The van der Waals surface area contributed by atoms with Crippen LogP contribution in [0.1, 0.15) is 38.3 Å². The van der Waals surface area contributed by atoms with Gasteiger partial charge in [-0.25, -0.2) is 14.1 Å². The Kier molecular flexibility index (Phi) is 5.22. The van der Waals surface area contributed by atoms with Gasteiger partial charge in [-0.3, -0.25) is 4.79 Å². The van der Waals surface area contributed by atoms with Crippen molar-refractivity contribution in [2.75, 3.05) is 12.0 Å². The van der Waals surface area contributed by atoms with Crippen molar-refractivity contribution in [3.63, 3.8) is 0 Å². The zero-order valence-electron chi connectivity index (χ0n) is 17.0. The minimum absolute atomic E-state index is 0.219. The number of amides is 2. The van der Waals surface area contributed by atoms with Crippen LogP contribution >= 0.6 is 0 Å². The number of benzene rings is 2. The van der Waals surface area contributed by atoms with Crippen molar-refractivity contribution in [2.45, 2.75) is 38.2 Å². The number of imide groups is 1. The Balaban J connectivity index is 2.26. The fourth-order valence-corrected chi connectivity index (χ4v) is 3.63. The molecule has 1 heterocycles. The molecule has 0 saturated carbocycles. The van der Waals surface area contributed by atoms with E-state index in [-0.39, 0.29) is 6.42 Å². The molecule has 0 saturated heterocycles. The summed E-state index contributed by atoms with van der Waals surface area (Å²) in [7, 11) is 1.53. The largest absolute Gasteiger partial charge is 0.497 e. The zero-order chi connectivity index (χ0) is 21.4. The molecule has 1 aliphatic rings. The lowest BCUT2D eigenvalue weighted by atomic mass is 9.73. The van der Waals surface area contributed by atoms with Gasteiger partial charge in [-0.1, -0.05) is 18.2 Å². The van der Waals surface area contributed by atoms with Crippen LogP contribution in [0.25, 0.3) is 0 Å². The summed E-state index contributed by atoms with van der Waals surface area (Å²) in [5, 5.41) is 0. The van der Waals surface area contributed by atoms with Crippen molar-refractivity contribution in [2.24, 2.45) is 0 Å². The first-order valence-corrected chi connectivity index (χ1v) is 9.27. The Bertz CT molecular complexity index is 962. The second kappa shape index (κ2) is 7.35. The van der Waals surface area contributed by atoms with Crippen LogP contribution in [-0.4, -0.2) is 24.7 Å². The number of methoxy groups -OCH3 is 1. The maximum Gasteiger partial charge on any atom is 0.421 e. The Hall–Kier alpha value is -3.15. The maximum atomic E-state index is 13.7. The molecule has 0 radical (unpaired) electrons. The van der Waals surface area contributed by atoms with E-state index in [0.717, 1.165) is 4.90 Å². The molecule has 0 N–H and O–H groups in total. The molecule has 6 heteroatoms. The highest BCUT2D eigenvalue weighted by molar-refractivity contribution is 6.22. The zero-order valence-corrected chi connectivity index (χ0v) is 17.0. The molecule has 29 heavy (non-hydrogen) atoms. The van der Waals surface area contributed by atoms with Crippen LogP contribution in [0, 0.1) is 5.82 Å². The van der Waals surface area contributed by atoms with Crippen LogP contribution in [0.15, 0.2) is 55.1 Å². The standard InChI is InChI=1S/C23H24FNO4/c1-6-13-23(15-7-9-16(24)10-8-15)18-14-17(28-5)11-12-19(18)25(20(23)26)21(27)29-22(2,3)4/h6-12,14H,1,13H2,2-5H3/t23-/m1/s1. The third-order valence-electron chi connectivity index (χ3n) is 4.84. The van der Waals surface area contributed by atoms with Crippen LogP contribution in [0.4, 0.5) is 14.9 Å². The SMILES string of the molecule is C=CC[C@]1(c2ccc(F)cc2)C(=O)N(C(=O)OC(C)(C)C)c2ccc(OC)cc21. The minimum Gasteiger partial charge on any atom is -0.497 e. The van der Waals surface area contributed by atoms with E-state index in [1.807, 2.05) is 0 Å². The highest BCUT2D eigenvalue weighted by Gasteiger charge is 2.54. The molecule has 3 rings (SSSR count). The van der Waals surface area contributed by atoms with E-state index in [4.69, 9.17) is 9.47 Å². The number of halogens is 1. The highest BCUT2D eigenvalue weighted by Crippen LogP contribution is 2.50. The third-order valence-corrected chi connectivity index (χ3v) is 4.84. The molecule has 1 aliphatic heterocycles. The first kappa shape index (κ1) is 20.6. The molecule has 2 aromatic rings. The van der Waals surface area contributed by atoms with Gasteiger partial charge >= 0.3 is 6.09 Å². The summed E-state index contributed by atoms with van der Waals surface area (Å²) >= 11 is 0. The summed E-state index contributed by atoms with van der Waals surface area (Å²) in [5.41, 5.74) is -0.459. The fourth-order valence-electron chi connectivity index (χ4n) is 3.63. The van der Waals surface area contributed by atoms with Crippen LogP contribution in [-0.2, 0) is 14.9 Å². The number of hydrogen-bond donors (Lipinski definition) is 0. The average Bonchev–Trinajstić information content (AvgIpc) is 2.90. The summed E-state index contributed by atoms with van der Waals surface area (Å²) in [6.07, 6.45) is 1.07. The van der Waals surface area contributed by atoms with Crippen LogP contribution in [0.5, 0.6) is 5.75 Å². The Morgan fingerprint density at radius 2 is 1.86 bits per heavy atom. The second-order valence-electron chi connectivity index (χ2n) is 7.91. The van der Waals surface area contributed by atoms with Crippen LogP contribution in [0.3, 0.4) is 0 Å². The van der Waals surface area contributed by atoms with Gasteiger partial charge in [-0.05, 0) is 63.1 Å². The Morgan fingerprint density at radius 3 is 2.41 bits per heavy atom. The number of allylic oxidation sites excluding steroid dienone is 1. The average molecular weight is 397 g/mol. The molecule has 0 aliphatic carbocycles. The summed E-state index contributed by atoms with van der Waals surface area (Å²) in [6, 6.07) is 10.8. The third kappa shape index (κ3) is 3.50. The van der Waals surface area contributed by atoms with E-state index in [9.17, 15) is 14.0 Å². The van der Waals surface area contributed by atoms with E-state index in [1.54, 1.807) is 57.2 Å². The molecule has 0 unspecified atom stereocenters. The molecule has 152 valence electrons. The molecule has 1 atom stereocenters. The number of hydrogen-bond acceptors (Lipinski definition) is 4. The molecule has 0 bridgehead atoms. The van der Waals surface area contributed by atoms with Crippen molar-refractivity contribution in [1.29, 1.82) is 0 Å². The maximum absolute atomic E-state index is 13.7. The van der Waals surface area contributed by atoms with E-state index in [2.05, 4.69) is 6.58 Å². The van der Waals surface area contributed by atoms with Crippen molar-refractivity contribution in [1.82, 2.24) is 0 Å². The van der Waals surface area contributed by atoms with Crippen LogP contribution in [0.2, 0.25) is 0 Å². The summed E-state index contributed by atoms with van der Waals surface area (Å²) in [6.45, 7) is 9.00. The number of anilines is 1.